The zero-order valence-electron chi connectivity index (χ0n) is 9.48. The van der Waals surface area contributed by atoms with Gasteiger partial charge in [-0.05, 0) is 6.92 Å². The highest BCUT2D eigenvalue weighted by Gasteiger charge is 2.25. The van der Waals surface area contributed by atoms with E-state index in [9.17, 15) is 18.5 Å². The highest BCUT2D eigenvalue weighted by Crippen LogP contribution is 2.35. The molecule has 0 bridgehead atoms. The minimum absolute atomic E-state index is 0.00729. The first kappa shape index (κ1) is 13.3. The molecule has 0 aromatic carbocycles. The highest BCUT2D eigenvalue weighted by molar-refractivity contribution is 7.94. The molecule has 0 spiro atoms. The number of nitrogen functional groups attached to an aromatic ring is 1. The summed E-state index contributed by atoms with van der Waals surface area (Å²) in [4.78, 5) is 9.87. The first-order chi connectivity index (χ1) is 8.79. The van der Waals surface area contributed by atoms with Crippen molar-refractivity contribution in [1.29, 1.82) is 0 Å². The molecule has 0 amide bonds. The molecule has 0 unspecified atom stereocenters. The van der Waals surface area contributed by atoms with Crippen molar-refractivity contribution in [2.24, 2.45) is 0 Å². The van der Waals surface area contributed by atoms with E-state index < -0.39 is 20.6 Å². The molecule has 2 aromatic rings. The Morgan fingerprint density at radius 1 is 1.53 bits per heavy atom. The van der Waals surface area contributed by atoms with Crippen LogP contribution in [-0.2, 0) is 10.0 Å². The van der Waals surface area contributed by atoms with Crippen molar-refractivity contribution in [1.82, 2.24) is 5.16 Å². The number of anilines is 2. The molecule has 0 saturated heterocycles. The lowest BCUT2D eigenvalue weighted by molar-refractivity contribution is -0.383. The third-order valence-corrected chi connectivity index (χ3v) is 4.83. The second-order valence-corrected chi connectivity index (χ2v) is 6.49. The maximum atomic E-state index is 11.9. The van der Waals surface area contributed by atoms with E-state index in [2.05, 4.69) is 9.88 Å². The van der Waals surface area contributed by atoms with Crippen molar-refractivity contribution < 1.29 is 17.9 Å². The number of aromatic nitrogens is 1. The SMILES string of the molecule is Cc1cc(NS(=O)(=O)c2cc([N+](=O)[O-])c(N)s2)no1. The summed E-state index contributed by atoms with van der Waals surface area (Å²) >= 11 is 0.603. The summed E-state index contributed by atoms with van der Waals surface area (Å²) in [5.41, 5.74) is 4.94. The van der Waals surface area contributed by atoms with Gasteiger partial charge in [0.1, 0.15) is 9.97 Å². The first-order valence-electron chi connectivity index (χ1n) is 4.79. The third-order valence-electron chi connectivity index (χ3n) is 2.05. The number of sulfonamides is 1. The van der Waals surface area contributed by atoms with E-state index in [-0.39, 0.29) is 15.0 Å². The lowest BCUT2D eigenvalue weighted by Crippen LogP contribution is -2.11. The fourth-order valence-corrected chi connectivity index (χ4v) is 3.45. The second kappa shape index (κ2) is 4.51. The summed E-state index contributed by atoms with van der Waals surface area (Å²) in [5.74, 6) is 0.418. The Morgan fingerprint density at radius 3 is 2.68 bits per heavy atom. The molecule has 102 valence electrons. The molecule has 0 aliphatic rings. The molecule has 0 aliphatic heterocycles. The number of hydrogen-bond acceptors (Lipinski definition) is 8. The van der Waals surface area contributed by atoms with Crippen LogP contribution in [0, 0.1) is 17.0 Å². The van der Waals surface area contributed by atoms with E-state index in [1.807, 2.05) is 0 Å². The number of nitrogens with one attached hydrogen (secondary N) is 1. The molecule has 2 rings (SSSR count). The van der Waals surface area contributed by atoms with E-state index in [1.165, 1.54) is 6.07 Å². The van der Waals surface area contributed by atoms with Gasteiger partial charge in [-0.15, -0.1) is 0 Å². The summed E-state index contributed by atoms with van der Waals surface area (Å²) in [5, 5.41) is 13.9. The smallest absolute Gasteiger partial charge is 0.304 e. The molecule has 0 fully saturated rings. The van der Waals surface area contributed by atoms with Gasteiger partial charge in [-0.3, -0.25) is 14.8 Å². The molecule has 0 atom stereocenters. The summed E-state index contributed by atoms with van der Waals surface area (Å²) in [7, 11) is -3.97. The van der Waals surface area contributed by atoms with Gasteiger partial charge in [0.25, 0.3) is 10.0 Å². The number of nitrogens with two attached hydrogens (primary N) is 1. The van der Waals surface area contributed by atoms with Crippen molar-refractivity contribution in [3.63, 3.8) is 0 Å². The van der Waals surface area contributed by atoms with Crippen LogP contribution >= 0.6 is 11.3 Å². The molecule has 0 saturated carbocycles. The number of nitro groups is 1. The van der Waals surface area contributed by atoms with E-state index in [1.54, 1.807) is 6.92 Å². The molecule has 0 aliphatic carbocycles. The summed E-state index contributed by atoms with van der Waals surface area (Å²) in [6.45, 7) is 1.60. The Kier molecular flexibility index (Phi) is 3.16. The molecule has 2 aromatic heterocycles. The van der Waals surface area contributed by atoms with Gasteiger partial charge < -0.3 is 10.3 Å². The normalized spacial score (nSPS) is 11.4. The fourth-order valence-electron chi connectivity index (χ4n) is 1.25. The Morgan fingerprint density at radius 2 is 2.21 bits per heavy atom. The predicted molar refractivity (Wildman–Crippen MR) is 67.4 cm³/mol. The average Bonchev–Trinajstić information content (AvgIpc) is 2.84. The van der Waals surface area contributed by atoms with Crippen LogP contribution in [0.3, 0.4) is 0 Å². The zero-order chi connectivity index (χ0) is 14.2. The van der Waals surface area contributed by atoms with Crippen molar-refractivity contribution in [3.05, 3.63) is 28.0 Å². The standard InChI is InChI=1S/C8H8N4O5S2/c1-4-2-6(10-17-4)11-19(15,16)7-3-5(12(13)14)8(9)18-7/h2-3H,9H2,1H3,(H,10,11). The maximum absolute atomic E-state index is 11.9. The van der Waals surface area contributed by atoms with Crippen LogP contribution in [-0.4, -0.2) is 18.5 Å². The van der Waals surface area contributed by atoms with Crippen molar-refractivity contribution in [2.45, 2.75) is 11.1 Å². The number of rotatable bonds is 4. The molecule has 9 nitrogen and oxygen atoms in total. The van der Waals surface area contributed by atoms with E-state index in [0.717, 1.165) is 6.07 Å². The number of aryl methyl sites for hydroxylation is 1. The minimum Gasteiger partial charge on any atom is -0.385 e. The van der Waals surface area contributed by atoms with Crippen LogP contribution < -0.4 is 10.5 Å². The average molecular weight is 304 g/mol. The van der Waals surface area contributed by atoms with Crippen LogP contribution in [0.1, 0.15) is 5.76 Å². The van der Waals surface area contributed by atoms with Crippen LogP contribution in [0.25, 0.3) is 0 Å². The van der Waals surface area contributed by atoms with Gasteiger partial charge in [0.15, 0.2) is 10.8 Å². The predicted octanol–water partition coefficient (Wildman–Crippen LogP) is 1.34. The Hall–Kier alpha value is -2.14. The van der Waals surface area contributed by atoms with E-state index in [4.69, 9.17) is 10.3 Å². The monoisotopic (exact) mass is 304 g/mol. The van der Waals surface area contributed by atoms with Crippen LogP contribution in [0.2, 0.25) is 0 Å². The largest absolute Gasteiger partial charge is 0.385 e. The molecular weight excluding hydrogens is 296 g/mol. The zero-order valence-corrected chi connectivity index (χ0v) is 11.1. The van der Waals surface area contributed by atoms with Gasteiger partial charge in [-0.1, -0.05) is 16.5 Å². The highest BCUT2D eigenvalue weighted by atomic mass is 32.2. The quantitative estimate of drug-likeness (QED) is 0.641. The van der Waals surface area contributed by atoms with Crippen molar-refractivity contribution in [2.75, 3.05) is 10.5 Å². The van der Waals surface area contributed by atoms with E-state index in [0.29, 0.717) is 17.1 Å². The molecule has 3 N–H and O–H groups in total. The Balaban J connectivity index is 2.34. The summed E-state index contributed by atoms with van der Waals surface area (Å²) in [6.07, 6.45) is 0. The molecule has 2 heterocycles. The summed E-state index contributed by atoms with van der Waals surface area (Å²) < 4.78 is 30.5. The second-order valence-electron chi connectivity index (χ2n) is 3.50. The van der Waals surface area contributed by atoms with Gasteiger partial charge in [-0.2, -0.15) is 0 Å². The van der Waals surface area contributed by atoms with Gasteiger partial charge in [-0.25, -0.2) is 8.42 Å². The molecular formula is C8H8N4O5S2. The van der Waals surface area contributed by atoms with Crippen molar-refractivity contribution in [3.8, 4) is 0 Å². The first-order valence-corrected chi connectivity index (χ1v) is 7.09. The number of nitrogens with zero attached hydrogens (tertiary/aromatic N) is 2. The van der Waals surface area contributed by atoms with Gasteiger partial charge >= 0.3 is 5.69 Å². The number of thiophene rings is 1. The lowest BCUT2D eigenvalue weighted by Gasteiger charge is -2.00. The van der Waals surface area contributed by atoms with Gasteiger partial charge in [0.05, 0.1) is 4.92 Å². The molecule has 19 heavy (non-hydrogen) atoms. The number of hydrogen-bond donors (Lipinski definition) is 2. The summed E-state index contributed by atoms with van der Waals surface area (Å²) in [6, 6.07) is 2.28. The maximum Gasteiger partial charge on any atom is 0.304 e. The Labute approximate surface area is 111 Å². The van der Waals surface area contributed by atoms with Crippen LogP contribution in [0.15, 0.2) is 20.9 Å². The lowest BCUT2D eigenvalue weighted by atomic mass is 10.5. The van der Waals surface area contributed by atoms with Gasteiger partial charge in [0, 0.05) is 12.1 Å². The molecule has 0 radical (unpaired) electrons. The van der Waals surface area contributed by atoms with Crippen molar-refractivity contribution >= 4 is 37.9 Å². The fraction of sp³-hybridized carbons (Fsp3) is 0.125. The topological polar surface area (TPSA) is 141 Å². The Bertz CT molecular complexity index is 732. The third kappa shape index (κ3) is 2.66. The van der Waals surface area contributed by atoms with Crippen LogP contribution in [0.4, 0.5) is 16.5 Å². The van der Waals surface area contributed by atoms with Crippen LogP contribution in [0.5, 0.6) is 0 Å². The minimum atomic E-state index is -3.97. The molecule has 11 heteroatoms. The van der Waals surface area contributed by atoms with Gasteiger partial charge in [0.2, 0.25) is 0 Å². The van der Waals surface area contributed by atoms with E-state index >= 15 is 0 Å².